The van der Waals surface area contributed by atoms with E-state index in [4.69, 9.17) is 5.14 Å². The van der Waals surface area contributed by atoms with Crippen molar-refractivity contribution in [1.82, 2.24) is 5.32 Å². The number of hydrogen-bond acceptors (Lipinski definition) is 4. The zero-order chi connectivity index (χ0) is 26.4. The summed E-state index contributed by atoms with van der Waals surface area (Å²) in [6.07, 6.45) is 4.34. The van der Waals surface area contributed by atoms with E-state index < -0.39 is 10.0 Å². The molecule has 0 atom stereocenters. The average molecular weight is 518 g/mol. The molecule has 2 aliphatic rings. The number of anilines is 1. The number of benzene rings is 3. The van der Waals surface area contributed by atoms with Crippen LogP contribution >= 0.6 is 0 Å². The van der Waals surface area contributed by atoms with E-state index in [2.05, 4.69) is 11.4 Å². The number of urea groups is 1. The molecule has 0 radical (unpaired) electrons. The third-order valence-electron chi connectivity index (χ3n) is 7.78. The fourth-order valence-electron chi connectivity index (χ4n) is 5.72. The first-order valence-electron chi connectivity index (χ1n) is 12.5. The second-order valence-corrected chi connectivity index (χ2v) is 11.8. The van der Waals surface area contributed by atoms with Crippen molar-refractivity contribution in [3.8, 4) is 11.1 Å². The molecule has 5 rings (SSSR count). The van der Waals surface area contributed by atoms with Crippen LogP contribution in [0.2, 0.25) is 0 Å². The number of carbonyl (C=O) groups excluding carboxylic acids is 2. The van der Waals surface area contributed by atoms with Gasteiger partial charge in [0.2, 0.25) is 10.0 Å². The van der Waals surface area contributed by atoms with Gasteiger partial charge >= 0.3 is 6.03 Å². The Morgan fingerprint density at radius 3 is 2.35 bits per heavy atom. The fourth-order valence-corrected chi connectivity index (χ4v) is 6.23. The van der Waals surface area contributed by atoms with Crippen LogP contribution in [0.4, 0.5) is 10.5 Å². The lowest BCUT2D eigenvalue weighted by Gasteiger charge is -2.25. The molecular formula is C29H31N3O4S. The predicted octanol–water partition coefficient (Wildman–Crippen LogP) is 5.05. The highest BCUT2D eigenvalue weighted by molar-refractivity contribution is 7.89. The van der Waals surface area contributed by atoms with Crippen LogP contribution in [-0.4, -0.2) is 26.8 Å². The predicted molar refractivity (Wildman–Crippen MR) is 144 cm³/mol. The van der Waals surface area contributed by atoms with Crippen molar-refractivity contribution in [3.63, 3.8) is 0 Å². The summed E-state index contributed by atoms with van der Waals surface area (Å²) in [4.78, 5) is 27.2. The lowest BCUT2D eigenvalue weighted by atomic mass is 9.79. The number of amides is 2. The van der Waals surface area contributed by atoms with Crippen LogP contribution in [0.1, 0.15) is 59.7 Å². The minimum atomic E-state index is -3.76. The summed E-state index contributed by atoms with van der Waals surface area (Å²) in [5, 5.41) is 8.16. The number of primary sulfonamides is 1. The molecule has 1 spiro atoms. The maximum Gasteiger partial charge on any atom is 0.322 e. The summed E-state index contributed by atoms with van der Waals surface area (Å²) < 4.78 is 23.0. The zero-order valence-corrected chi connectivity index (χ0v) is 21.9. The van der Waals surface area contributed by atoms with Crippen molar-refractivity contribution in [3.05, 3.63) is 82.9 Å². The van der Waals surface area contributed by atoms with Crippen LogP contribution in [0.3, 0.4) is 0 Å². The lowest BCUT2D eigenvalue weighted by molar-refractivity contribution is 0.101. The van der Waals surface area contributed by atoms with Gasteiger partial charge in [-0.2, -0.15) is 0 Å². The number of nitrogens with two attached hydrogens (primary N) is 1. The minimum Gasteiger partial charge on any atom is -0.334 e. The molecule has 2 amide bonds. The van der Waals surface area contributed by atoms with Crippen LogP contribution in [-0.2, 0) is 22.0 Å². The molecule has 7 nitrogen and oxygen atoms in total. The molecule has 37 heavy (non-hydrogen) atoms. The maximum absolute atomic E-state index is 13.3. The van der Waals surface area contributed by atoms with Gasteiger partial charge < -0.3 is 5.32 Å². The second kappa shape index (κ2) is 9.43. The van der Waals surface area contributed by atoms with Gasteiger partial charge in [0.25, 0.3) is 0 Å². The molecule has 1 saturated carbocycles. The molecule has 0 bridgehead atoms. The highest BCUT2D eigenvalue weighted by Gasteiger charge is 2.46. The van der Waals surface area contributed by atoms with E-state index in [0.29, 0.717) is 12.1 Å². The number of nitrogens with one attached hydrogen (secondary N) is 1. The molecule has 1 heterocycles. The van der Waals surface area contributed by atoms with Gasteiger partial charge in [-0.3, -0.25) is 9.69 Å². The first kappa shape index (κ1) is 25.2. The van der Waals surface area contributed by atoms with E-state index in [-0.39, 0.29) is 28.7 Å². The average Bonchev–Trinajstić information content (AvgIpc) is 3.47. The molecule has 8 heteroatoms. The van der Waals surface area contributed by atoms with Crippen LogP contribution < -0.4 is 15.4 Å². The van der Waals surface area contributed by atoms with Gasteiger partial charge in [0.05, 0.1) is 4.90 Å². The summed E-state index contributed by atoms with van der Waals surface area (Å²) >= 11 is 0. The molecule has 3 aromatic rings. The second-order valence-electron chi connectivity index (χ2n) is 10.2. The Hall–Kier alpha value is -3.49. The van der Waals surface area contributed by atoms with Gasteiger partial charge in [-0.1, -0.05) is 43.2 Å². The molecular weight excluding hydrogens is 486 g/mol. The monoisotopic (exact) mass is 517 g/mol. The largest absolute Gasteiger partial charge is 0.334 e. The number of carbonyl (C=O) groups is 2. The first-order valence-corrected chi connectivity index (χ1v) is 14.1. The van der Waals surface area contributed by atoms with Crippen LogP contribution in [0.25, 0.3) is 11.1 Å². The Balaban J connectivity index is 1.42. The number of rotatable bonds is 5. The summed E-state index contributed by atoms with van der Waals surface area (Å²) in [6.45, 7) is 4.54. The van der Waals surface area contributed by atoms with E-state index >= 15 is 0 Å². The summed E-state index contributed by atoms with van der Waals surface area (Å²) in [5.74, 6) is 0.0387. The third-order valence-corrected chi connectivity index (χ3v) is 8.71. The number of sulfonamides is 1. The Bertz CT molecular complexity index is 1490. The van der Waals surface area contributed by atoms with Crippen molar-refractivity contribution >= 4 is 27.5 Å². The molecule has 3 aromatic carbocycles. The number of aryl methyl sites for hydroxylation is 1. The normalized spacial score (nSPS) is 16.1. The van der Waals surface area contributed by atoms with E-state index in [0.717, 1.165) is 53.6 Å². The van der Waals surface area contributed by atoms with Crippen LogP contribution in [0, 0.1) is 6.92 Å². The van der Waals surface area contributed by atoms with Crippen molar-refractivity contribution in [2.45, 2.75) is 56.4 Å². The van der Waals surface area contributed by atoms with E-state index in [1.54, 1.807) is 19.1 Å². The van der Waals surface area contributed by atoms with E-state index in [1.165, 1.54) is 17.7 Å². The topological polar surface area (TPSA) is 110 Å². The summed E-state index contributed by atoms with van der Waals surface area (Å²) in [6, 6.07) is 18.1. The summed E-state index contributed by atoms with van der Waals surface area (Å²) in [5.41, 5.74) is 6.73. The van der Waals surface area contributed by atoms with Gasteiger partial charge in [0.1, 0.15) is 0 Å². The molecule has 1 aliphatic heterocycles. The standard InChI is InChI=1S/C29H31N3O4S/c1-19-5-8-22(20(2)33)15-25(19)23-9-12-27-26(16-23)29(13-3-4-14-29)18-32(27)28(34)31-17-21-6-10-24(11-7-21)37(30,35)36/h5-12,15-16H,3-4,13-14,17-18H2,1-2H3,(H,31,34)(H2,30,35,36). The molecule has 0 unspecified atom stereocenters. The van der Waals surface area contributed by atoms with Gasteiger partial charge in [-0.05, 0) is 84.8 Å². The highest BCUT2D eigenvalue weighted by Crippen LogP contribution is 2.51. The van der Waals surface area contributed by atoms with Crippen molar-refractivity contribution in [1.29, 1.82) is 0 Å². The van der Waals surface area contributed by atoms with Crippen LogP contribution in [0.15, 0.2) is 65.6 Å². The fraction of sp³-hybridized carbons (Fsp3) is 0.310. The first-order chi connectivity index (χ1) is 17.6. The van der Waals surface area contributed by atoms with Gasteiger partial charge in [0.15, 0.2) is 5.78 Å². The Morgan fingerprint density at radius 2 is 1.70 bits per heavy atom. The van der Waals surface area contributed by atoms with Crippen molar-refractivity contribution < 1.29 is 18.0 Å². The quantitative estimate of drug-likeness (QED) is 0.461. The Morgan fingerprint density at radius 1 is 1.00 bits per heavy atom. The smallest absolute Gasteiger partial charge is 0.322 e. The highest BCUT2D eigenvalue weighted by atomic mass is 32.2. The van der Waals surface area contributed by atoms with E-state index in [9.17, 15) is 18.0 Å². The minimum absolute atomic E-state index is 0.0387. The molecule has 1 fully saturated rings. The summed E-state index contributed by atoms with van der Waals surface area (Å²) in [7, 11) is -3.76. The van der Waals surface area contributed by atoms with Crippen LogP contribution in [0.5, 0.6) is 0 Å². The molecule has 192 valence electrons. The van der Waals surface area contributed by atoms with Gasteiger partial charge in [0, 0.05) is 29.8 Å². The Labute approximate surface area is 217 Å². The lowest BCUT2D eigenvalue weighted by Crippen LogP contribution is -2.41. The SMILES string of the molecule is CC(=O)c1ccc(C)c(-c2ccc3c(c2)C2(CCCC2)CN3C(=O)NCc2ccc(S(N)(=O)=O)cc2)c1. The van der Waals surface area contributed by atoms with Gasteiger partial charge in [-0.15, -0.1) is 0 Å². The molecule has 0 aromatic heterocycles. The number of fused-ring (bicyclic) bond motifs is 2. The maximum atomic E-state index is 13.3. The zero-order valence-electron chi connectivity index (χ0n) is 21.1. The number of ketones is 1. The number of Topliss-reactive ketones (excluding diaryl/α,β-unsaturated/α-hetero) is 1. The number of nitrogens with zero attached hydrogens (tertiary/aromatic N) is 1. The van der Waals surface area contributed by atoms with Crippen molar-refractivity contribution in [2.75, 3.05) is 11.4 Å². The molecule has 0 saturated heterocycles. The molecule has 1 aliphatic carbocycles. The number of hydrogen-bond donors (Lipinski definition) is 2. The molecule has 3 N–H and O–H groups in total. The van der Waals surface area contributed by atoms with Gasteiger partial charge in [-0.25, -0.2) is 18.4 Å². The van der Waals surface area contributed by atoms with Crippen molar-refractivity contribution in [2.24, 2.45) is 5.14 Å². The Kier molecular flexibility index (Phi) is 6.41. The van der Waals surface area contributed by atoms with E-state index in [1.807, 2.05) is 42.2 Å². The third kappa shape index (κ3) is 4.79.